The lowest BCUT2D eigenvalue weighted by Crippen LogP contribution is -2.23. The number of benzene rings is 1. The van der Waals surface area contributed by atoms with Gasteiger partial charge in [-0.05, 0) is 31.2 Å². The van der Waals surface area contributed by atoms with Gasteiger partial charge in [0.2, 0.25) is 0 Å². The van der Waals surface area contributed by atoms with Crippen LogP contribution < -0.4 is 0 Å². The summed E-state index contributed by atoms with van der Waals surface area (Å²) in [4.78, 5) is 11.7. The zero-order chi connectivity index (χ0) is 13.1. The van der Waals surface area contributed by atoms with Gasteiger partial charge in [-0.3, -0.25) is 8.98 Å². The summed E-state index contributed by atoms with van der Waals surface area (Å²) in [6.45, 7) is 1.36. The van der Waals surface area contributed by atoms with E-state index >= 15 is 0 Å². The van der Waals surface area contributed by atoms with Crippen LogP contribution in [0.2, 0.25) is 0 Å². The van der Waals surface area contributed by atoms with Crippen molar-refractivity contribution in [1.29, 1.82) is 5.26 Å². The maximum absolute atomic E-state index is 11.7. The van der Waals surface area contributed by atoms with Gasteiger partial charge in [0.1, 0.15) is 6.10 Å². The monoisotopic (exact) mass is 253 g/mol. The topological polar surface area (TPSA) is 84.2 Å². The molecule has 1 atom stereocenters. The fraction of sp³-hybridized carbons (Fsp3) is 0.273. The Morgan fingerprint density at radius 3 is 2.29 bits per heavy atom. The van der Waals surface area contributed by atoms with Crippen LogP contribution in [0.4, 0.5) is 0 Å². The number of hydrogen-bond donors (Lipinski definition) is 0. The molecule has 6 heteroatoms. The first-order valence-electron chi connectivity index (χ1n) is 4.76. The summed E-state index contributed by atoms with van der Waals surface area (Å²) in [5, 5.41) is 8.59. The van der Waals surface area contributed by atoms with Crippen molar-refractivity contribution in [2.24, 2.45) is 0 Å². The van der Waals surface area contributed by atoms with Gasteiger partial charge in [0.05, 0.1) is 17.9 Å². The third-order valence-electron chi connectivity index (χ3n) is 1.99. The van der Waals surface area contributed by atoms with Gasteiger partial charge in [-0.15, -0.1) is 0 Å². The summed E-state index contributed by atoms with van der Waals surface area (Å²) in [7, 11) is -3.66. The molecule has 0 radical (unpaired) electrons. The van der Waals surface area contributed by atoms with E-state index in [4.69, 9.17) is 5.26 Å². The van der Waals surface area contributed by atoms with E-state index in [0.29, 0.717) is 11.1 Å². The summed E-state index contributed by atoms with van der Waals surface area (Å²) in [6, 6.07) is 7.82. The molecule has 0 unspecified atom stereocenters. The Bertz CT molecular complexity index is 554. The van der Waals surface area contributed by atoms with E-state index in [1.54, 1.807) is 0 Å². The fourth-order valence-electron chi connectivity index (χ4n) is 1.25. The molecule has 0 aliphatic heterocycles. The van der Waals surface area contributed by atoms with Crippen molar-refractivity contribution in [3.63, 3.8) is 0 Å². The Morgan fingerprint density at radius 2 is 1.88 bits per heavy atom. The molecule has 1 aromatic carbocycles. The summed E-state index contributed by atoms with van der Waals surface area (Å²) in [5.74, 6) is -0.445. The quantitative estimate of drug-likeness (QED) is 0.592. The number of carbonyl (C=O) groups excluding carboxylic acids is 1. The van der Waals surface area contributed by atoms with Crippen molar-refractivity contribution in [3.05, 3.63) is 35.4 Å². The normalized spacial score (nSPS) is 12.8. The predicted molar refractivity (Wildman–Crippen MR) is 60.9 cm³/mol. The molecular weight excluding hydrogens is 242 g/mol. The van der Waals surface area contributed by atoms with Crippen molar-refractivity contribution in [3.8, 4) is 6.07 Å². The molecule has 0 saturated carbocycles. The highest BCUT2D eigenvalue weighted by atomic mass is 32.2. The van der Waals surface area contributed by atoms with Crippen molar-refractivity contribution < 1.29 is 17.4 Å². The smallest absolute Gasteiger partial charge is 0.265 e. The molecule has 0 aliphatic carbocycles. The number of nitriles is 1. The molecule has 0 amide bonds. The van der Waals surface area contributed by atoms with Gasteiger partial charge in [0, 0.05) is 5.56 Å². The van der Waals surface area contributed by atoms with Gasteiger partial charge >= 0.3 is 0 Å². The molecule has 0 aromatic heterocycles. The first-order chi connectivity index (χ1) is 7.83. The van der Waals surface area contributed by atoms with Crippen LogP contribution in [-0.4, -0.2) is 26.6 Å². The number of rotatable bonds is 4. The first-order valence-corrected chi connectivity index (χ1v) is 6.58. The Balaban J connectivity index is 2.86. The van der Waals surface area contributed by atoms with Crippen LogP contribution in [-0.2, 0) is 14.3 Å². The second-order valence-corrected chi connectivity index (χ2v) is 5.10. The van der Waals surface area contributed by atoms with Gasteiger partial charge in [-0.2, -0.15) is 13.7 Å². The van der Waals surface area contributed by atoms with Crippen molar-refractivity contribution in [2.75, 3.05) is 6.26 Å². The Hall–Kier alpha value is -1.71. The van der Waals surface area contributed by atoms with Gasteiger partial charge in [0.15, 0.2) is 5.78 Å². The lowest BCUT2D eigenvalue weighted by atomic mass is 10.1. The minimum absolute atomic E-state index is 0.306. The molecule has 5 nitrogen and oxygen atoms in total. The van der Waals surface area contributed by atoms with E-state index in [1.165, 1.54) is 31.2 Å². The number of nitrogens with zero attached hydrogens (tertiary/aromatic N) is 1. The molecule has 0 heterocycles. The zero-order valence-electron chi connectivity index (χ0n) is 9.38. The molecule has 1 rings (SSSR count). The van der Waals surface area contributed by atoms with Crippen LogP contribution in [0.3, 0.4) is 0 Å². The molecule has 1 aromatic rings. The van der Waals surface area contributed by atoms with E-state index in [1.807, 2.05) is 6.07 Å². The van der Waals surface area contributed by atoms with E-state index in [9.17, 15) is 13.2 Å². The Morgan fingerprint density at radius 1 is 1.35 bits per heavy atom. The summed E-state index contributed by atoms with van der Waals surface area (Å²) < 4.78 is 26.3. The molecule has 0 N–H and O–H groups in total. The lowest BCUT2D eigenvalue weighted by molar-refractivity contribution is 0.0827. The Labute approximate surface area is 99.8 Å². The van der Waals surface area contributed by atoms with Gasteiger partial charge in [-0.25, -0.2) is 0 Å². The average Bonchev–Trinajstić information content (AvgIpc) is 2.26. The maximum Gasteiger partial charge on any atom is 0.265 e. The largest absolute Gasteiger partial charge is 0.291 e. The minimum Gasteiger partial charge on any atom is -0.291 e. The van der Waals surface area contributed by atoms with Gasteiger partial charge < -0.3 is 0 Å². The number of Topliss-reactive ketones (excluding diaryl/α,β-unsaturated/α-hetero) is 1. The fourth-order valence-corrected chi connectivity index (χ4v) is 1.86. The second-order valence-electron chi connectivity index (χ2n) is 3.50. The Kier molecular flexibility index (Phi) is 3.99. The average molecular weight is 253 g/mol. The van der Waals surface area contributed by atoms with Crippen LogP contribution in [0.1, 0.15) is 22.8 Å². The van der Waals surface area contributed by atoms with Crippen LogP contribution in [0.5, 0.6) is 0 Å². The molecular formula is C11H11NO4S. The van der Waals surface area contributed by atoms with Crippen LogP contribution in [0.25, 0.3) is 0 Å². The lowest BCUT2D eigenvalue weighted by Gasteiger charge is -2.09. The summed E-state index contributed by atoms with van der Waals surface area (Å²) >= 11 is 0. The number of carbonyl (C=O) groups is 1. The highest BCUT2D eigenvalue weighted by Crippen LogP contribution is 2.09. The molecule has 0 saturated heterocycles. The molecule has 0 fully saturated rings. The van der Waals surface area contributed by atoms with Crippen LogP contribution >= 0.6 is 0 Å². The van der Waals surface area contributed by atoms with Crippen molar-refractivity contribution >= 4 is 15.9 Å². The molecule has 0 aliphatic rings. The van der Waals surface area contributed by atoms with Crippen LogP contribution in [0.15, 0.2) is 24.3 Å². The predicted octanol–water partition coefficient (Wildman–Crippen LogP) is 1.11. The highest BCUT2D eigenvalue weighted by molar-refractivity contribution is 7.86. The van der Waals surface area contributed by atoms with Crippen LogP contribution in [0, 0.1) is 11.3 Å². The second kappa shape index (κ2) is 5.08. The number of hydrogen-bond acceptors (Lipinski definition) is 5. The first kappa shape index (κ1) is 13.4. The van der Waals surface area contributed by atoms with E-state index in [-0.39, 0.29) is 0 Å². The van der Waals surface area contributed by atoms with E-state index < -0.39 is 22.0 Å². The zero-order valence-corrected chi connectivity index (χ0v) is 10.2. The maximum atomic E-state index is 11.7. The SMILES string of the molecule is C[C@@H](OS(C)(=O)=O)C(=O)c1ccc(C#N)cc1. The third kappa shape index (κ3) is 3.98. The standard InChI is InChI=1S/C11H11NO4S/c1-8(16-17(2,14)15)11(13)10-5-3-9(7-12)4-6-10/h3-6,8H,1-2H3/t8-/m1/s1. The number of ketones is 1. The van der Waals surface area contributed by atoms with Crippen molar-refractivity contribution in [1.82, 2.24) is 0 Å². The molecule has 90 valence electrons. The molecule has 0 bridgehead atoms. The van der Waals surface area contributed by atoms with Gasteiger partial charge in [-0.1, -0.05) is 0 Å². The van der Waals surface area contributed by atoms with E-state index in [0.717, 1.165) is 6.26 Å². The molecule has 17 heavy (non-hydrogen) atoms. The van der Waals surface area contributed by atoms with E-state index in [2.05, 4.69) is 4.18 Å². The van der Waals surface area contributed by atoms with Crippen molar-refractivity contribution in [2.45, 2.75) is 13.0 Å². The summed E-state index contributed by atoms with van der Waals surface area (Å²) in [6.07, 6.45) is -0.187. The third-order valence-corrected chi connectivity index (χ3v) is 2.63. The molecule has 0 spiro atoms. The highest BCUT2D eigenvalue weighted by Gasteiger charge is 2.20. The van der Waals surface area contributed by atoms with Gasteiger partial charge in [0.25, 0.3) is 10.1 Å². The minimum atomic E-state index is -3.66. The summed E-state index contributed by atoms with van der Waals surface area (Å²) in [5.41, 5.74) is 0.735.